The highest BCUT2D eigenvalue weighted by Crippen LogP contribution is 2.30. The number of rotatable bonds is 2. The van der Waals surface area contributed by atoms with Gasteiger partial charge in [0.05, 0.1) is 5.92 Å². The van der Waals surface area contributed by atoms with E-state index in [1.165, 1.54) is 0 Å². The van der Waals surface area contributed by atoms with E-state index in [4.69, 9.17) is 4.52 Å². The van der Waals surface area contributed by atoms with Crippen molar-refractivity contribution in [1.29, 1.82) is 0 Å². The minimum Gasteiger partial charge on any atom is -0.507 e. The molecule has 0 amide bonds. The standard InChI is InChI=1S/C15H19N3O2/c1-8-4-11(5-9(2)13(8)19)14-17-15(20-18-14)12-7-16-6-10(12)3/h4-5,10,12,16,19H,6-7H2,1-3H3. The van der Waals surface area contributed by atoms with Crippen molar-refractivity contribution in [2.45, 2.75) is 26.7 Å². The summed E-state index contributed by atoms with van der Waals surface area (Å²) in [5.74, 6) is 2.40. The molecule has 3 rings (SSSR count). The summed E-state index contributed by atoms with van der Waals surface area (Å²) in [7, 11) is 0. The first-order chi connectivity index (χ1) is 9.56. The summed E-state index contributed by atoms with van der Waals surface area (Å²) < 4.78 is 5.42. The van der Waals surface area contributed by atoms with Gasteiger partial charge in [-0.25, -0.2) is 0 Å². The molecule has 0 saturated carbocycles. The molecule has 0 bridgehead atoms. The molecular weight excluding hydrogens is 254 g/mol. The number of phenolic OH excluding ortho intramolecular Hbond substituents is 1. The van der Waals surface area contributed by atoms with Crippen molar-refractivity contribution >= 4 is 0 Å². The van der Waals surface area contributed by atoms with Crippen LogP contribution >= 0.6 is 0 Å². The number of hydrogen-bond donors (Lipinski definition) is 2. The highest BCUT2D eigenvalue weighted by molar-refractivity contribution is 5.60. The molecule has 2 atom stereocenters. The highest BCUT2D eigenvalue weighted by Gasteiger charge is 2.29. The summed E-state index contributed by atoms with van der Waals surface area (Å²) in [6, 6.07) is 3.76. The third-order valence-corrected chi connectivity index (χ3v) is 4.03. The molecule has 2 aromatic rings. The molecule has 0 radical (unpaired) electrons. The van der Waals surface area contributed by atoms with E-state index >= 15 is 0 Å². The van der Waals surface area contributed by atoms with Gasteiger partial charge < -0.3 is 14.9 Å². The van der Waals surface area contributed by atoms with Crippen LogP contribution in [-0.4, -0.2) is 28.3 Å². The van der Waals surface area contributed by atoms with Crippen molar-refractivity contribution in [3.05, 3.63) is 29.2 Å². The molecule has 0 spiro atoms. The molecule has 2 N–H and O–H groups in total. The van der Waals surface area contributed by atoms with Crippen LogP contribution in [0.4, 0.5) is 0 Å². The Labute approximate surface area is 118 Å². The lowest BCUT2D eigenvalue weighted by Crippen LogP contribution is -2.08. The Morgan fingerprint density at radius 3 is 2.55 bits per heavy atom. The summed E-state index contributed by atoms with van der Waals surface area (Å²) in [5.41, 5.74) is 2.52. The molecule has 5 heteroatoms. The predicted octanol–water partition coefficient (Wildman–Crippen LogP) is 2.38. The summed E-state index contributed by atoms with van der Waals surface area (Å²) in [4.78, 5) is 4.53. The monoisotopic (exact) mass is 273 g/mol. The lowest BCUT2D eigenvalue weighted by molar-refractivity contribution is 0.340. The van der Waals surface area contributed by atoms with Gasteiger partial charge in [-0.1, -0.05) is 12.1 Å². The molecule has 1 fully saturated rings. The third-order valence-electron chi connectivity index (χ3n) is 4.03. The summed E-state index contributed by atoms with van der Waals surface area (Å²) in [6.45, 7) is 7.80. The van der Waals surface area contributed by atoms with Gasteiger partial charge in [0.15, 0.2) is 0 Å². The Kier molecular flexibility index (Phi) is 3.22. The van der Waals surface area contributed by atoms with Gasteiger partial charge in [-0.2, -0.15) is 4.98 Å². The molecule has 0 aliphatic carbocycles. The number of nitrogens with one attached hydrogen (secondary N) is 1. The summed E-state index contributed by atoms with van der Waals surface area (Å²) in [5, 5.41) is 17.2. The number of benzene rings is 1. The topological polar surface area (TPSA) is 71.2 Å². The number of aromatic nitrogens is 2. The van der Waals surface area contributed by atoms with E-state index in [0.29, 0.717) is 23.4 Å². The Balaban J connectivity index is 1.94. The van der Waals surface area contributed by atoms with E-state index in [0.717, 1.165) is 29.8 Å². The van der Waals surface area contributed by atoms with E-state index in [9.17, 15) is 5.11 Å². The maximum atomic E-state index is 9.82. The fourth-order valence-corrected chi connectivity index (χ4v) is 2.73. The second kappa shape index (κ2) is 4.90. The lowest BCUT2D eigenvalue weighted by atomic mass is 9.98. The number of phenols is 1. The normalized spacial score (nSPS) is 22.4. The van der Waals surface area contributed by atoms with Crippen LogP contribution in [0.3, 0.4) is 0 Å². The first-order valence-corrected chi connectivity index (χ1v) is 6.91. The number of aromatic hydroxyl groups is 1. The lowest BCUT2D eigenvalue weighted by Gasteiger charge is -2.07. The Morgan fingerprint density at radius 2 is 1.95 bits per heavy atom. The Hall–Kier alpha value is -1.88. The molecule has 2 unspecified atom stereocenters. The maximum absolute atomic E-state index is 9.82. The molecule has 1 aromatic heterocycles. The van der Waals surface area contributed by atoms with Crippen LogP contribution in [0.25, 0.3) is 11.4 Å². The average molecular weight is 273 g/mol. The molecule has 1 aromatic carbocycles. The van der Waals surface area contributed by atoms with Gasteiger partial charge in [-0.3, -0.25) is 0 Å². The van der Waals surface area contributed by atoms with Crippen molar-refractivity contribution in [1.82, 2.24) is 15.5 Å². The molecule has 1 aliphatic rings. The van der Waals surface area contributed by atoms with E-state index in [-0.39, 0.29) is 5.92 Å². The molecule has 1 saturated heterocycles. The fraction of sp³-hybridized carbons (Fsp3) is 0.467. The van der Waals surface area contributed by atoms with Gasteiger partial charge in [0.25, 0.3) is 0 Å². The van der Waals surface area contributed by atoms with E-state index in [2.05, 4.69) is 22.4 Å². The second-order valence-electron chi connectivity index (χ2n) is 5.66. The van der Waals surface area contributed by atoms with E-state index in [1.54, 1.807) is 0 Å². The van der Waals surface area contributed by atoms with Crippen LogP contribution < -0.4 is 5.32 Å². The molecule has 106 valence electrons. The number of nitrogens with zero attached hydrogens (tertiary/aromatic N) is 2. The minimum absolute atomic E-state index is 0.288. The van der Waals surface area contributed by atoms with Crippen LogP contribution in [0.15, 0.2) is 16.7 Å². The molecule has 20 heavy (non-hydrogen) atoms. The molecule has 5 nitrogen and oxygen atoms in total. The van der Waals surface area contributed by atoms with Crippen molar-refractivity contribution in [3.8, 4) is 17.1 Å². The SMILES string of the molecule is Cc1cc(-c2noc(C3CNCC3C)n2)cc(C)c1O. The van der Waals surface area contributed by atoms with Crippen LogP contribution in [0.1, 0.15) is 29.9 Å². The third kappa shape index (κ3) is 2.18. The molecule has 1 aliphatic heterocycles. The van der Waals surface area contributed by atoms with Crippen molar-refractivity contribution in [2.24, 2.45) is 5.92 Å². The van der Waals surface area contributed by atoms with Gasteiger partial charge in [0.2, 0.25) is 11.7 Å². The van der Waals surface area contributed by atoms with Crippen molar-refractivity contribution in [3.63, 3.8) is 0 Å². The van der Waals surface area contributed by atoms with Gasteiger partial charge in [0, 0.05) is 12.1 Å². The first-order valence-electron chi connectivity index (χ1n) is 6.91. The van der Waals surface area contributed by atoms with Crippen LogP contribution in [-0.2, 0) is 0 Å². The van der Waals surface area contributed by atoms with Crippen LogP contribution in [0.2, 0.25) is 0 Å². The Bertz CT molecular complexity index is 613. The largest absolute Gasteiger partial charge is 0.507 e. The van der Waals surface area contributed by atoms with Gasteiger partial charge in [0.1, 0.15) is 5.75 Å². The zero-order chi connectivity index (χ0) is 14.3. The van der Waals surface area contributed by atoms with Crippen LogP contribution in [0, 0.1) is 19.8 Å². The van der Waals surface area contributed by atoms with Crippen molar-refractivity contribution < 1.29 is 9.63 Å². The van der Waals surface area contributed by atoms with Gasteiger partial charge in [-0.15, -0.1) is 0 Å². The van der Waals surface area contributed by atoms with Gasteiger partial charge >= 0.3 is 0 Å². The average Bonchev–Trinajstić information content (AvgIpc) is 3.03. The maximum Gasteiger partial charge on any atom is 0.231 e. The smallest absolute Gasteiger partial charge is 0.231 e. The number of hydrogen-bond acceptors (Lipinski definition) is 5. The zero-order valence-electron chi connectivity index (χ0n) is 12.0. The predicted molar refractivity (Wildman–Crippen MR) is 75.6 cm³/mol. The Morgan fingerprint density at radius 1 is 1.25 bits per heavy atom. The minimum atomic E-state index is 0.288. The van der Waals surface area contributed by atoms with E-state index in [1.807, 2.05) is 26.0 Å². The molecule has 2 heterocycles. The first kappa shape index (κ1) is 13.1. The molecular formula is C15H19N3O2. The van der Waals surface area contributed by atoms with Crippen LogP contribution in [0.5, 0.6) is 5.75 Å². The van der Waals surface area contributed by atoms with Crippen molar-refractivity contribution in [2.75, 3.05) is 13.1 Å². The van der Waals surface area contributed by atoms with Gasteiger partial charge in [-0.05, 0) is 49.6 Å². The van der Waals surface area contributed by atoms with E-state index < -0.39 is 0 Å². The summed E-state index contributed by atoms with van der Waals surface area (Å²) >= 11 is 0. The fourth-order valence-electron chi connectivity index (χ4n) is 2.73. The zero-order valence-corrected chi connectivity index (χ0v) is 12.0. The highest BCUT2D eigenvalue weighted by atomic mass is 16.5. The second-order valence-corrected chi connectivity index (χ2v) is 5.66. The quantitative estimate of drug-likeness (QED) is 0.879. The number of aryl methyl sites for hydroxylation is 2. The summed E-state index contributed by atoms with van der Waals surface area (Å²) in [6.07, 6.45) is 0.